The van der Waals surface area contributed by atoms with Crippen molar-refractivity contribution in [2.24, 2.45) is 11.4 Å². The lowest BCUT2D eigenvalue weighted by Crippen LogP contribution is -2.20. The number of nitrogens with zero attached hydrogens (tertiary/aromatic N) is 2. The van der Waals surface area contributed by atoms with Gasteiger partial charge in [0.15, 0.2) is 9.84 Å². The van der Waals surface area contributed by atoms with Crippen LogP contribution in [-0.2, 0) is 26.6 Å². The number of ether oxygens (including phenoxy) is 1. The van der Waals surface area contributed by atoms with Gasteiger partial charge in [-0.25, -0.2) is 12.6 Å². The van der Waals surface area contributed by atoms with Crippen LogP contribution in [0.4, 0.5) is 5.69 Å². The van der Waals surface area contributed by atoms with Crippen LogP contribution in [0.3, 0.4) is 0 Å². The Labute approximate surface area is 221 Å². The van der Waals surface area contributed by atoms with Crippen molar-refractivity contribution in [3.63, 3.8) is 0 Å². The molecular formula is C26H30N4O6S2. The predicted octanol–water partition coefficient (Wildman–Crippen LogP) is 3.69. The highest BCUT2D eigenvalue weighted by Gasteiger charge is 2.19. The third-order valence-electron chi connectivity index (χ3n) is 5.74. The molecule has 1 unspecified atom stereocenters. The van der Waals surface area contributed by atoms with Crippen molar-refractivity contribution in [2.75, 3.05) is 25.3 Å². The molecule has 4 rings (SSSR count). The van der Waals surface area contributed by atoms with Gasteiger partial charge in [0.2, 0.25) is 0 Å². The Morgan fingerprint density at radius 3 is 2.34 bits per heavy atom. The molecule has 4 aromatic rings. The van der Waals surface area contributed by atoms with Crippen LogP contribution in [0.1, 0.15) is 18.8 Å². The van der Waals surface area contributed by atoms with Crippen molar-refractivity contribution in [1.82, 2.24) is 14.9 Å². The van der Waals surface area contributed by atoms with Crippen LogP contribution in [0.2, 0.25) is 0 Å². The fourth-order valence-corrected chi connectivity index (χ4v) is 5.28. The van der Waals surface area contributed by atoms with E-state index in [2.05, 4.69) is 14.7 Å². The Balaban J connectivity index is 1.94. The number of rotatable bonds is 8. The topological polar surface area (TPSA) is 143 Å². The first-order chi connectivity index (χ1) is 17.8. The highest BCUT2D eigenvalue weighted by atomic mass is 32.2. The van der Waals surface area contributed by atoms with Gasteiger partial charge in [0, 0.05) is 58.3 Å². The molecular weight excluding hydrogens is 528 g/mol. The summed E-state index contributed by atoms with van der Waals surface area (Å²) in [7, 11) is -4.21. The second-order valence-electron chi connectivity index (χ2n) is 9.23. The van der Waals surface area contributed by atoms with Crippen LogP contribution >= 0.6 is 0 Å². The molecule has 0 aliphatic rings. The van der Waals surface area contributed by atoms with Crippen molar-refractivity contribution < 1.29 is 22.5 Å². The maximum absolute atomic E-state index is 12.9. The summed E-state index contributed by atoms with van der Waals surface area (Å²) in [6, 6.07) is 12.8. The number of fused-ring (bicyclic) bond motifs is 1. The van der Waals surface area contributed by atoms with Gasteiger partial charge in [0.1, 0.15) is 23.2 Å². The van der Waals surface area contributed by atoms with Gasteiger partial charge in [-0.1, -0.05) is 6.92 Å². The van der Waals surface area contributed by atoms with Crippen molar-refractivity contribution in [3.05, 3.63) is 70.8 Å². The average molecular weight is 559 g/mol. The zero-order chi connectivity index (χ0) is 27.8. The third-order valence-corrected chi connectivity index (χ3v) is 7.51. The fraction of sp³-hybridized carbons (Fsp3) is 0.269. The van der Waals surface area contributed by atoms with E-state index in [-0.39, 0.29) is 10.5 Å². The highest BCUT2D eigenvalue weighted by Crippen LogP contribution is 2.39. The minimum Gasteiger partial charge on any atom is -0.457 e. The van der Waals surface area contributed by atoms with Crippen molar-refractivity contribution in [3.8, 4) is 22.6 Å². The maximum atomic E-state index is 12.9. The van der Waals surface area contributed by atoms with Gasteiger partial charge in [-0.3, -0.25) is 10.1 Å². The molecule has 0 saturated heterocycles. The molecule has 0 aliphatic carbocycles. The Hall–Kier alpha value is -3.45. The minimum atomic E-state index is -3.37. The molecule has 2 aromatic heterocycles. The van der Waals surface area contributed by atoms with Gasteiger partial charge in [0.05, 0.1) is 16.3 Å². The number of H-pyrrole nitrogens is 1. The summed E-state index contributed by atoms with van der Waals surface area (Å²) in [6.45, 7) is 2.38. The van der Waals surface area contributed by atoms with Crippen LogP contribution in [0.15, 0.2) is 68.8 Å². The quantitative estimate of drug-likeness (QED) is 0.280. The van der Waals surface area contributed by atoms with E-state index >= 15 is 0 Å². The Bertz CT molecular complexity index is 1790. The van der Waals surface area contributed by atoms with Crippen LogP contribution in [0.25, 0.3) is 22.0 Å². The van der Waals surface area contributed by atoms with Crippen LogP contribution in [-0.4, -0.2) is 52.6 Å². The molecule has 3 N–H and O–H groups in total. The standard InChI is InChI=1S/C26H30N4O6S2/c1-6-27-25(31)22-14-20-21(15-30(2)26(32)24(20)28-22)19-13-16(29-37(3,4)33)7-12-23(19)36-17-8-10-18(11-9-17)38(5,34)35/h7-15,25,27-28,31H,6H2,1-5H3. The summed E-state index contributed by atoms with van der Waals surface area (Å²) in [5.41, 5.74) is 2.09. The summed E-state index contributed by atoms with van der Waals surface area (Å²) in [6.07, 6.45) is 4.86. The van der Waals surface area contributed by atoms with E-state index in [0.717, 1.165) is 6.26 Å². The van der Waals surface area contributed by atoms with Gasteiger partial charge in [-0.15, -0.1) is 0 Å². The molecule has 2 aromatic carbocycles. The van der Waals surface area contributed by atoms with Gasteiger partial charge >= 0.3 is 0 Å². The monoisotopic (exact) mass is 558 g/mol. The smallest absolute Gasteiger partial charge is 0.274 e. The van der Waals surface area contributed by atoms with Crippen molar-refractivity contribution >= 4 is 36.2 Å². The van der Waals surface area contributed by atoms with Gasteiger partial charge < -0.3 is 19.4 Å². The number of aliphatic hydroxyl groups is 1. The van der Waals surface area contributed by atoms with Crippen LogP contribution in [0.5, 0.6) is 11.5 Å². The zero-order valence-corrected chi connectivity index (χ0v) is 23.3. The van der Waals surface area contributed by atoms with Gasteiger partial charge in [0.25, 0.3) is 5.56 Å². The van der Waals surface area contributed by atoms with Crippen molar-refractivity contribution in [2.45, 2.75) is 18.0 Å². The first-order valence-electron chi connectivity index (χ1n) is 11.7. The molecule has 0 fully saturated rings. The van der Waals surface area contributed by atoms with E-state index in [4.69, 9.17) is 4.74 Å². The lowest BCUT2D eigenvalue weighted by atomic mass is 10.0. The predicted molar refractivity (Wildman–Crippen MR) is 149 cm³/mol. The molecule has 2 heterocycles. The molecule has 12 heteroatoms. The number of hydrogen-bond acceptors (Lipinski definition) is 8. The molecule has 0 radical (unpaired) electrons. The number of benzene rings is 2. The molecule has 0 aliphatic heterocycles. The summed E-state index contributed by atoms with van der Waals surface area (Å²) < 4.78 is 48.0. The van der Waals surface area contributed by atoms with E-state index in [0.29, 0.717) is 51.5 Å². The second-order valence-corrected chi connectivity index (χ2v) is 13.8. The van der Waals surface area contributed by atoms with E-state index in [1.54, 1.807) is 49.6 Å². The van der Waals surface area contributed by atoms with E-state index in [1.807, 2.05) is 6.92 Å². The summed E-state index contributed by atoms with van der Waals surface area (Å²) in [4.78, 5) is 16.1. The lowest BCUT2D eigenvalue weighted by Gasteiger charge is -2.14. The lowest BCUT2D eigenvalue weighted by molar-refractivity contribution is 0.138. The largest absolute Gasteiger partial charge is 0.457 e. The first kappa shape index (κ1) is 27.6. The third kappa shape index (κ3) is 5.99. The number of sulfone groups is 1. The van der Waals surface area contributed by atoms with Crippen LogP contribution < -0.4 is 15.6 Å². The zero-order valence-electron chi connectivity index (χ0n) is 21.7. The second kappa shape index (κ2) is 10.4. The maximum Gasteiger partial charge on any atom is 0.274 e. The summed E-state index contributed by atoms with van der Waals surface area (Å²) >= 11 is 0. The normalized spacial score (nSPS) is 13.0. The Morgan fingerprint density at radius 2 is 1.74 bits per heavy atom. The first-order valence-corrected chi connectivity index (χ1v) is 15.9. The minimum absolute atomic E-state index is 0.166. The molecule has 1 atom stereocenters. The molecule has 10 nitrogen and oxygen atoms in total. The van der Waals surface area contributed by atoms with E-state index in [9.17, 15) is 22.5 Å². The fourth-order valence-electron chi connectivity index (χ4n) is 4.03. The number of aromatic nitrogens is 2. The number of pyridine rings is 1. The molecule has 0 bridgehead atoms. The number of aliphatic hydroxyl groups excluding tert-OH is 1. The van der Waals surface area contributed by atoms with Gasteiger partial charge in [-0.05, 0) is 55.1 Å². The van der Waals surface area contributed by atoms with E-state index < -0.39 is 25.8 Å². The number of hydrogen-bond donors (Lipinski definition) is 3. The van der Waals surface area contributed by atoms with Crippen LogP contribution in [0, 0.1) is 0 Å². The number of aryl methyl sites for hydroxylation is 1. The molecule has 0 spiro atoms. The molecule has 202 valence electrons. The Kier molecular flexibility index (Phi) is 7.53. The van der Waals surface area contributed by atoms with E-state index in [1.165, 1.54) is 29.2 Å². The van der Waals surface area contributed by atoms with Crippen molar-refractivity contribution in [1.29, 1.82) is 0 Å². The SMILES string of the molecule is CCNC(O)c1cc2c(-c3cc(N=S(C)(C)=O)ccc3Oc3ccc(S(C)(=O)=O)cc3)cn(C)c(=O)c2[nH]1. The highest BCUT2D eigenvalue weighted by molar-refractivity contribution is 7.92. The summed E-state index contributed by atoms with van der Waals surface area (Å²) in [5, 5.41) is 13.9. The molecule has 0 saturated carbocycles. The number of nitrogens with one attached hydrogen (secondary N) is 2. The average Bonchev–Trinajstić information content (AvgIpc) is 3.27. The summed E-state index contributed by atoms with van der Waals surface area (Å²) in [5.74, 6) is 0.807. The van der Waals surface area contributed by atoms with Gasteiger partial charge in [-0.2, -0.15) is 4.36 Å². The number of aromatic amines is 1. The Morgan fingerprint density at radius 1 is 1.05 bits per heavy atom. The molecule has 0 amide bonds. The molecule has 38 heavy (non-hydrogen) atoms.